The highest BCUT2D eigenvalue weighted by Crippen LogP contribution is 2.33. The Morgan fingerprint density at radius 3 is 2.48 bits per heavy atom. The normalized spacial score (nSPS) is 12.2. The molecule has 0 heterocycles. The molecule has 118 valence electrons. The Morgan fingerprint density at radius 1 is 1.33 bits per heavy atom. The Morgan fingerprint density at radius 2 is 1.95 bits per heavy atom. The lowest BCUT2D eigenvalue weighted by molar-refractivity contribution is -0.141. The van der Waals surface area contributed by atoms with Crippen molar-refractivity contribution in [1.29, 1.82) is 0 Å². The van der Waals surface area contributed by atoms with E-state index in [9.17, 15) is 26.4 Å². The molecule has 0 radical (unpaired) electrons. The first kappa shape index (κ1) is 17.4. The van der Waals surface area contributed by atoms with Crippen LogP contribution in [0.2, 0.25) is 0 Å². The van der Waals surface area contributed by atoms with E-state index in [1.165, 1.54) is 0 Å². The average molecular weight is 325 g/mol. The lowest BCUT2D eigenvalue weighted by Crippen LogP contribution is -2.31. The number of rotatable bonds is 5. The van der Waals surface area contributed by atoms with Gasteiger partial charge in [0, 0.05) is 0 Å². The molecule has 1 N–H and O–H groups in total. The first-order valence-electron chi connectivity index (χ1n) is 5.91. The van der Waals surface area contributed by atoms with Crippen LogP contribution >= 0.6 is 0 Å². The SMILES string of the molecule is CCOC(=O)CNS(=O)(=O)c1cccc(C(F)(F)F)c1C. The molecule has 0 aliphatic heterocycles. The number of sulfonamides is 1. The molecule has 0 unspecified atom stereocenters. The zero-order valence-electron chi connectivity index (χ0n) is 11.3. The second kappa shape index (κ2) is 6.44. The van der Waals surface area contributed by atoms with Gasteiger partial charge in [-0.1, -0.05) is 6.07 Å². The summed E-state index contributed by atoms with van der Waals surface area (Å²) in [5.41, 5.74) is -1.47. The van der Waals surface area contributed by atoms with Crippen molar-refractivity contribution in [2.24, 2.45) is 0 Å². The molecule has 0 spiro atoms. The average Bonchev–Trinajstić information content (AvgIpc) is 2.35. The summed E-state index contributed by atoms with van der Waals surface area (Å²) in [7, 11) is -4.24. The number of carbonyl (C=O) groups excluding carboxylic acids is 1. The maximum Gasteiger partial charge on any atom is 0.416 e. The fourth-order valence-corrected chi connectivity index (χ4v) is 2.89. The third-order valence-corrected chi connectivity index (χ3v) is 4.14. The van der Waals surface area contributed by atoms with E-state index in [0.29, 0.717) is 0 Å². The molecule has 21 heavy (non-hydrogen) atoms. The number of ether oxygens (including phenoxy) is 1. The summed E-state index contributed by atoms with van der Waals surface area (Å²) in [6, 6.07) is 2.83. The fraction of sp³-hybridized carbons (Fsp3) is 0.417. The number of hydrogen-bond donors (Lipinski definition) is 1. The highest BCUT2D eigenvalue weighted by Gasteiger charge is 2.34. The quantitative estimate of drug-likeness (QED) is 0.839. The van der Waals surface area contributed by atoms with Gasteiger partial charge >= 0.3 is 12.1 Å². The molecule has 0 saturated heterocycles. The Bertz CT molecular complexity index is 626. The van der Waals surface area contributed by atoms with E-state index in [1.807, 2.05) is 4.72 Å². The molecule has 0 aliphatic rings. The summed E-state index contributed by atoms with van der Waals surface area (Å²) in [5, 5.41) is 0. The van der Waals surface area contributed by atoms with Crippen LogP contribution in [0.25, 0.3) is 0 Å². The van der Waals surface area contributed by atoms with E-state index in [2.05, 4.69) is 4.74 Å². The number of alkyl halides is 3. The van der Waals surface area contributed by atoms with Crippen LogP contribution in [-0.4, -0.2) is 27.5 Å². The minimum atomic E-state index is -4.66. The van der Waals surface area contributed by atoms with Gasteiger partial charge in [0.25, 0.3) is 0 Å². The Hall–Kier alpha value is -1.61. The zero-order chi connectivity index (χ0) is 16.3. The molecule has 0 amide bonds. The van der Waals surface area contributed by atoms with Crippen molar-refractivity contribution < 1.29 is 31.1 Å². The molecule has 0 saturated carbocycles. The van der Waals surface area contributed by atoms with E-state index in [4.69, 9.17) is 0 Å². The number of hydrogen-bond acceptors (Lipinski definition) is 4. The summed E-state index contributed by atoms with van der Waals surface area (Å²) >= 11 is 0. The van der Waals surface area contributed by atoms with Crippen molar-refractivity contribution >= 4 is 16.0 Å². The van der Waals surface area contributed by atoms with Gasteiger partial charge in [-0.3, -0.25) is 4.79 Å². The Balaban J connectivity index is 3.07. The molecule has 0 bridgehead atoms. The van der Waals surface area contributed by atoms with Gasteiger partial charge in [-0.25, -0.2) is 8.42 Å². The predicted molar refractivity (Wildman–Crippen MR) is 68.0 cm³/mol. The highest BCUT2D eigenvalue weighted by atomic mass is 32.2. The molecule has 5 nitrogen and oxygen atoms in total. The lowest BCUT2D eigenvalue weighted by atomic mass is 10.1. The number of esters is 1. The fourth-order valence-electron chi connectivity index (χ4n) is 1.66. The van der Waals surface area contributed by atoms with Crippen molar-refractivity contribution in [3.05, 3.63) is 29.3 Å². The molecular weight excluding hydrogens is 311 g/mol. The van der Waals surface area contributed by atoms with Gasteiger partial charge in [-0.15, -0.1) is 0 Å². The van der Waals surface area contributed by atoms with Gasteiger partial charge in [0.15, 0.2) is 0 Å². The molecule has 0 aliphatic carbocycles. The van der Waals surface area contributed by atoms with Crippen LogP contribution in [0.5, 0.6) is 0 Å². The molecule has 0 fully saturated rings. The maximum absolute atomic E-state index is 12.7. The second-order valence-electron chi connectivity index (χ2n) is 4.06. The molecular formula is C12H14F3NO4S. The highest BCUT2D eigenvalue weighted by molar-refractivity contribution is 7.89. The summed E-state index contributed by atoms with van der Waals surface area (Å²) < 4.78 is 68.6. The van der Waals surface area contributed by atoms with Crippen LogP contribution < -0.4 is 4.72 Å². The molecule has 0 atom stereocenters. The van der Waals surface area contributed by atoms with E-state index >= 15 is 0 Å². The van der Waals surface area contributed by atoms with E-state index < -0.39 is 44.7 Å². The summed E-state index contributed by atoms with van der Waals surface area (Å²) in [4.78, 5) is 10.6. The number of carbonyl (C=O) groups is 1. The van der Waals surface area contributed by atoms with Gasteiger partial charge in [-0.05, 0) is 31.5 Å². The first-order chi connectivity index (χ1) is 9.59. The van der Waals surface area contributed by atoms with Crippen molar-refractivity contribution in [3.8, 4) is 0 Å². The third-order valence-electron chi connectivity index (χ3n) is 2.59. The molecule has 9 heteroatoms. The second-order valence-corrected chi connectivity index (χ2v) is 5.79. The van der Waals surface area contributed by atoms with Gasteiger partial charge in [-0.2, -0.15) is 17.9 Å². The minimum Gasteiger partial charge on any atom is -0.465 e. The molecule has 1 rings (SSSR count). The zero-order valence-corrected chi connectivity index (χ0v) is 12.1. The van der Waals surface area contributed by atoms with E-state index in [1.54, 1.807) is 6.92 Å². The van der Waals surface area contributed by atoms with Crippen molar-refractivity contribution in [2.45, 2.75) is 24.9 Å². The van der Waals surface area contributed by atoms with Crippen LogP contribution in [0.3, 0.4) is 0 Å². The summed E-state index contributed by atoms with van der Waals surface area (Å²) in [6.07, 6.45) is -4.66. The van der Waals surface area contributed by atoms with Gasteiger partial charge in [0.05, 0.1) is 17.1 Å². The lowest BCUT2D eigenvalue weighted by Gasteiger charge is -2.14. The predicted octanol–water partition coefficient (Wildman–Crippen LogP) is 1.86. The molecule has 0 aromatic heterocycles. The third kappa shape index (κ3) is 4.43. The number of benzene rings is 1. The largest absolute Gasteiger partial charge is 0.465 e. The molecule has 1 aromatic carbocycles. The monoisotopic (exact) mass is 325 g/mol. The van der Waals surface area contributed by atoms with Crippen LogP contribution in [0.15, 0.2) is 23.1 Å². The smallest absolute Gasteiger partial charge is 0.416 e. The standard InChI is InChI=1S/C12H14F3NO4S/c1-3-20-11(17)7-16-21(18,19)10-6-4-5-9(8(10)2)12(13,14)15/h4-6,16H,3,7H2,1-2H3. The summed E-state index contributed by atoms with van der Waals surface area (Å²) in [5.74, 6) is -0.814. The van der Waals surface area contributed by atoms with Crippen LogP contribution in [0.1, 0.15) is 18.1 Å². The van der Waals surface area contributed by atoms with Crippen molar-refractivity contribution in [1.82, 2.24) is 4.72 Å². The van der Waals surface area contributed by atoms with Gasteiger partial charge in [0.2, 0.25) is 10.0 Å². The van der Waals surface area contributed by atoms with E-state index in [0.717, 1.165) is 25.1 Å². The van der Waals surface area contributed by atoms with Gasteiger partial charge in [0.1, 0.15) is 6.54 Å². The maximum atomic E-state index is 12.7. The Kier molecular flexibility index (Phi) is 5.35. The van der Waals surface area contributed by atoms with Crippen molar-refractivity contribution in [2.75, 3.05) is 13.2 Å². The Labute approximate surface area is 120 Å². The number of halogens is 3. The summed E-state index contributed by atoms with van der Waals surface area (Å²) in [6.45, 7) is 2.03. The van der Waals surface area contributed by atoms with Crippen LogP contribution in [0.4, 0.5) is 13.2 Å². The van der Waals surface area contributed by atoms with Crippen LogP contribution in [-0.2, 0) is 25.7 Å². The topological polar surface area (TPSA) is 72.5 Å². The first-order valence-corrected chi connectivity index (χ1v) is 7.40. The van der Waals surface area contributed by atoms with E-state index in [-0.39, 0.29) is 6.61 Å². The van der Waals surface area contributed by atoms with Crippen LogP contribution in [0, 0.1) is 6.92 Å². The minimum absolute atomic E-state index is 0.0726. The van der Waals surface area contributed by atoms with Crippen molar-refractivity contribution in [3.63, 3.8) is 0 Å². The number of nitrogens with one attached hydrogen (secondary N) is 1. The van der Waals surface area contributed by atoms with Gasteiger partial charge < -0.3 is 4.74 Å². The molecule has 1 aromatic rings.